The monoisotopic (exact) mass is 431 g/mol. The van der Waals surface area contributed by atoms with Gasteiger partial charge >= 0.3 is 0 Å². The van der Waals surface area contributed by atoms with E-state index >= 15 is 0 Å². The molecule has 0 radical (unpaired) electrons. The number of ether oxygens (including phenoxy) is 1. The van der Waals surface area contributed by atoms with E-state index in [0.29, 0.717) is 24.2 Å². The highest BCUT2D eigenvalue weighted by Gasteiger charge is 2.42. The minimum Gasteiger partial charge on any atom is -0.497 e. The first-order chi connectivity index (χ1) is 15.6. The molecule has 2 saturated heterocycles. The summed E-state index contributed by atoms with van der Waals surface area (Å²) in [4.78, 5) is 24.5. The summed E-state index contributed by atoms with van der Waals surface area (Å²) in [5, 5.41) is 9.03. The third kappa shape index (κ3) is 3.69. The van der Waals surface area contributed by atoms with E-state index in [0.717, 1.165) is 50.5 Å². The first-order valence-electron chi connectivity index (χ1n) is 11.4. The Hall–Kier alpha value is -3.11. The largest absolute Gasteiger partial charge is 0.497 e. The van der Waals surface area contributed by atoms with Gasteiger partial charge < -0.3 is 14.5 Å². The molecule has 0 spiro atoms. The summed E-state index contributed by atoms with van der Waals surface area (Å²) < 4.78 is 5.41. The van der Waals surface area contributed by atoms with Crippen molar-refractivity contribution in [1.82, 2.24) is 14.8 Å². The van der Waals surface area contributed by atoms with Gasteiger partial charge in [-0.2, -0.15) is 5.26 Å². The summed E-state index contributed by atoms with van der Waals surface area (Å²) in [6, 6.07) is 12.9. The molecule has 1 aromatic carbocycles. The lowest BCUT2D eigenvalue weighted by Gasteiger charge is -2.43. The number of fused-ring (bicyclic) bond motifs is 3. The van der Waals surface area contributed by atoms with Crippen molar-refractivity contribution in [3.05, 3.63) is 53.2 Å². The maximum absolute atomic E-state index is 13.3. The summed E-state index contributed by atoms with van der Waals surface area (Å²) in [6.07, 6.45) is 4.74. The number of nitriles is 1. The Bertz CT molecular complexity index is 1030. The predicted octanol–water partition coefficient (Wildman–Crippen LogP) is 2.76. The molecule has 32 heavy (non-hydrogen) atoms. The normalized spacial score (nSPS) is 24.7. The van der Waals surface area contributed by atoms with Gasteiger partial charge in [0.05, 0.1) is 19.2 Å². The molecule has 7 heteroatoms. The zero-order valence-electron chi connectivity index (χ0n) is 18.7. The second-order valence-corrected chi connectivity index (χ2v) is 9.07. The minimum atomic E-state index is 0.193. The first kappa shape index (κ1) is 20.8. The number of rotatable bonds is 4. The summed E-state index contributed by atoms with van der Waals surface area (Å²) in [5.41, 5.74) is 3.19. The highest BCUT2D eigenvalue weighted by atomic mass is 16.5. The van der Waals surface area contributed by atoms with Crippen LogP contribution in [0.25, 0.3) is 0 Å². The fourth-order valence-corrected chi connectivity index (χ4v) is 5.55. The summed E-state index contributed by atoms with van der Waals surface area (Å²) in [7, 11) is 1.69. The van der Waals surface area contributed by atoms with Crippen molar-refractivity contribution < 1.29 is 9.53 Å². The van der Waals surface area contributed by atoms with Crippen LogP contribution in [0.3, 0.4) is 0 Å². The Morgan fingerprint density at radius 3 is 2.66 bits per heavy atom. The maximum Gasteiger partial charge on any atom is 0.236 e. The number of piperazine rings is 1. The molecule has 0 N–H and O–H groups in total. The van der Waals surface area contributed by atoms with Crippen LogP contribution in [0.4, 0.5) is 5.82 Å². The maximum atomic E-state index is 13.3. The van der Waals surface area contributed by atoms with Crippen molar-refractivity contribution in [1.29, 1.82) is 5.26 Å². The van der Waals surface area contributed by atoms with Crippen molar-refractivity contribution in [3.63, 3.8) is 0 Å². The number of pyridine rings is 1. The fourth-order valence-electron chi connectivity index (χ4n) is 5.55. The van der Waals surface area contributed by atoms with E-state index in [9.17, 15) is 4.79 Å². The Labute approximate surface area is 189 Å². The average Bonchev–Trinajstić information content (AvgIpc) is 3.09. The van der Waals surface area contributed by atoms with E-state index in [-0.39, 0.29) is 11.9 Å². The topological polar surface area (TPSA) is 72.7 Å². The van der Waals surface area contributed by atoms with E-state index in [2.05, 4.69) is 44.8 Å². The second-order valence-electron chi connectivity index (χ2n) is 9.07. The number of anilines is 1. The van der Waals surface area contributed by atoms with Gasteiger partial charge in [0, 0.05) is 44.0 Å². The number of nitrogens with zero attached hydrogens (tertiary/aromatic N) is 5. The van der Waals surface area contributed by atoms with Crippen molar-refractivity contribution in [3.8, 4) is 11.8 Å². The standard InChI is InChI=1S/C25H29N5O2/c1-17-23-11-22(32-2)7-4-19(23)9-10-28(17)16-25(31)29-14-20-5-6-21(15-29)30(20)24-8-3-18(12-26)13-27-24/h3-4,7-8,11,13,17,20-21H,5-6,9-10,14-16H2,1-2H3. The van der Waals surface area contributed by atoms with E-state index in [1.165, 1.54) is 11.1 Å². The van der Waals surface area contributed by atoms with Crippen LogP contribution in [-0.4, -0.2) is 66.1 Å². The Morgan fingerprint density at radius 1 is 1.22 bits per heavy atom. The number of aromatic nitrogens is 1. The van der Waals surface area contributed by atoms with Crippen LogP contribution >= 0.6 is 0 Å². The summed E-state index contributed by atoms with van der Waals surface area (Å²) in [5.74, 6) is 2.00. The number of hydrogen-bond donors (Lipinski definition) is 0. The average molecular weight is 432 g/mol. The number of carbonyl (C=O) groups excluding carboxylic acids is 1. The van der Waals surface area contributed by atoms with E-state index in [4.69, 9.17) is 10.00 Å². The molecule has 7 nitrogen and oxygen atoms in total. The minimum absolute atomic E-state index is 0.193. The van der Waals surface area contributed by atoms with Gasteiger partial charge in [-0.3, -0.25) is 9.69 Å². The molecule has 1 amide bonds. The van der Waals surface area contributed by atoms with Gasteiger partial charge in [0.15, 0.2) is 0 Å². The SMILES string of the molecule is COc1ccc2c(c1)C(C)N(CC(=O)N1CC3CCC(C1)N3c1ccc(C#N)cn1)CC2. The van der Waals surface area contributed by atoms with Gasteiger partial charge in [-0.05, 0) is 61.6 Å². The lowest BCUT2D eigenvalue weighted by atomic mass is 9.93. The Morgan fingerprint density at radius 2 is 2.00 bits per heavy atom. The summed E-state index contributed by atoms with van der Waals surface area (Å²) in [6.45, 7) is 5.01. The van der Waals surface area contributed by atoms with E-state index < -0.39 is 0 Å². The number of methoxy groups -OCH3 is 1. The Kier molecular flexibility index (Phi) is 5.48. The van der Waals surface area contributed by atoms with E-state index in [1.54, 1.807) is 13.3 Å². The highest BCUT2D eigenvalue weighted by Crippen LogP contribution is 2.35. The highest BCUT2D eigenvalue weighted by molar-refractivity contribution is 5.79. The number of hydrogen-bond acceptors (Lipinski definition) is 6. The zero-order valence-corrected chi connectivity index (χ0v) is 18.7. The number of amides is 1. The first-order valence-corrected chi connectivity index (χ1v) is 11.4. The van der Waals surface area contributed by atoms with Gasteiger partial charge in [-0.25, -0.2) is 4.98 Å². The molecule has 3 aliphatic heterocycles. The van der Waals surface area contributed by atoms with Gasteiger partial charge in [-0.15, -0.1) is 0 Å². The van der Waals surface area contributed by atoms with Crippen LogP contribution in [0.1, 0.15) is 42.5 Å². The molecule has 1 aromatic heterocycles. The molecule has 2 aromatic rings. The van der Waals surface area contributed by atoms with Gasteiger partial charge in [0.1, 0.15) is 17.6 Å². The van der Waals surface area contributed by atoms with Crippen molar-refractivity contribution in [2.75, 3.05) is 38.2 Å². The molecule has 3 atom stereocenters. The zero-order chi connectivity index (χ0) is 22.2. The predicted molar refractivity (Wildman–Crippen MR) is 122 cm³/mol. The molecule has 3 unspecified atom stereocenters. The Balaban J connectivity index is 1.25. The van der Waals surface area contributed by atoms with Crippen LogP contribution in [0.2, 0.25) is 0 Å². The smallest absolute Gasteiger partial charge is 0.236 e. The lowest BCUT2D eigenvalue weighted by Crippen LogP contribution is -2.57. The van der Waals surface area contributed by atoms with Gasteiger partial charge in [0.25, 0.3) is 0 Å². The van der Waals surface area contributed by atoms with Crippen molar-refractivity contribution in [2.45, 2.75) is 44.3 Å². The molecular weight excluding hydrogens is 402 g/mol. The van der Waals surface area contributed by atoms with Crippen LogP contribution in [0.5, 0.6) is 5.75 Å². The molecule has 0 saturated carbocycles. The third-order valence-electron chi connectivity index (χ3n) is 7.33. The molecule has 3 aliphatic rings. The van der Waals surface area contributed by atoms with Crippen LogP contribution in [0, 0.1) is 11.3 Å². The lowest BCUT2D eigenvalue weighted by molar-refractivity contribution is -0.134. The molecule has 2 fully saturated rings. The van der Waals surface area contributed by atoms with Gasteiger partial charge in [-0.1, -0.05) is 6.07 Å². The van der Waals surface area contributed by atoms with Crippen molar-refractivity contribution >= 4 is 11.7 Å². The molecule has 166 valence electrons. The molecule has 2 bridgehead atoms. The van der Waals surface area contributed by atoms with Crippen LogP contribution < -0.4 is 9.64 Å². The van der Waals surface area contributed by atoms with Gasteiger partial charge in [0.2, 0.25) is 5.91 Å². The number of benzene rings is 1. The van der Waals surface area contributed by atoms with E-state index in [1.807, 2.05) is 18.2 Å². The molecule has 4 heterocycles. The number of likely N-dealkylation sites (tertiary alicyclic amines) is 1. The molecule has 5 rings (SSSR count). The van der Waals surface area contributed by atoms with Crippen LogP contribution in [-0.2, 0) is 11.2 Å². The number of carbonyl (C=O) groups is 1. The fraction of sp³-hybridized carbons (Fsp3) is 0.480. The molecular formula is C25H29N5O2. The second kappa shape index (κ2) is 8.44. The quantitative estimate of drug-likeness (QED) is 0.741. The third-order valence-corrected chi connectivity index (χ3v) is 7.33. The van der Waals surface area contributed by atoms with Crippen molar-refractivity contribution in [2.24, 2.45) is 0 Å². The molecule has 0 aliphatic carbocycles. The summed E-state index contributed by atoms with van der Waals surface area (Å²) >= 11 is 0. The van der Waals surface area contributed by atoms with Crippen LogP contribution in [0.15, 0.2) is 36.5 Å².